The van der Waals surface area contributed by atoms with Crippen molar-refractivity contribution in [2.75, 3.05) is 0 Å². The second-order valence-electron chi connectivity index (χ2n) is 9.73. The van der Waals surface area contributed by atoms with Crippen LogP contribution in [0.1, 0.15) is 90.9 Å². The highest BCUT2D eigenvalue weighted by Crippen LogP contribution is 2.66. The number of aliphatic hydroxyl groups excluding tert-OH is 2. The topological polar surface area (TPSA) is 77.8 Å². The zero-order chi connectivity index (χ0) is 20.3. The van der Waals surface area contributed by atoms with Crippen molar-refractivity contribution < 1.29 is 20.1 Å². The van der Waals surface area contributed by atoms with E-state index in [1.165, 1.54) is 24.8 Å². The van der Waals surface area contributed by atoms with E-state index in [1.807, 2.05) is 0 Å². The van der Waals surface area contributed by atoms with Crippen LogP contribution in [0.5, 0.6) is 0 Å². The number of hydrogen-bond donors (Lipinski definition) is 3. The molecule has 0 saturated heterocycles. The Morgan fingerprint density at radius 2 is 1.96 bits per heavy atom. The van der Waals surface area contributed by atoms with Crippen LogP contribution in [-0.2, 0) is 4.79 Å². The lowest BCUT2D eigenvalue weighted by Gasteiger charge is -2.64. The summed E-state index contributed by atoms with van der Waals surface area (Å²) >= 11 is 0. The minimum atomic E-state index is -0.737. The molecule has 0 aromatic heterocycles. The van der Waals surface area contributed by atoms with Gasteiger partial charge in [0.1, 0.15) is 0 Å². The molecule has 2 unspecified atom stereocenters. The first kappa shape index (κ1) is 21.8. The van der Waals surface area contributed by atoms with Gasteiger partial charge in [0.2, 0.25) is 0 Å². The molecule has 0 radical (unpaired) electrons. The number of aliphatic hydroxyl groups is 2. The largest absolute Gasteiger partial charge is 0.481 e. The molecule has 0 spiro atoms. The minimum Gasteiger partial charge on any atom is -0.481 e. The summed E-state index contributed by atoms with van der Waals surface area (Å²) in [6, 6.07) is 0. The lowest BCUT2D eigenvalue weighted by molar-refractivity contribution is -0.136. The lowest BCUT2D eigenvalue weighted by atomic mass is 9.41. The molecule has 3 aliphatic rings. The van der Waals surface area contributed by atoms with Crippen LogP contribution in [0, 0.1) is 29.1 Å². The molecule has 3 rings (SSSR count). The molecule has 6 atom stereocenters. The summed E-state index contributed by atoms with van der Waals surface area (Å²) in [5.41, 5.74) is 1.59. The normalized spacial score (nSPS) is 38.6. The number of carboxylic acid groups (broad SMARTS) is 1. The molecule has 0 amide bonds. The second kappa shape index (κ2) is 9.30. The molecular formula is C24H40O4. The Labute approximate surface area is 170 Å². The van der Waals surface area contributed by atoms with Crippen LogP contribution in [0.3, 0.4) is 0 Å². The average molecular weight is 393 g/mol. The maximum Gasteiger partial charge on any atom is 0.303 e. The van der Waals surface area contributed by atoms with Crippen molar-refractivity contribution in [3.63, 3.8) is 0 Å². The SMILES string of the molecule is CC[C@]12CC[C@@H](O)[C@H](CCC(O)C3CCCCC3)[C@H]1C(C)C2=CCCC(=O)O. The Hall–Kier alpha value is -0.870. The van der Waals surface area contributed by atoms with Crippen molar-refractivity contribution in [2.24, 2.45) is 29.1 Å². The Morgan fingerprint density at radius 3 is 2.61 bits per heavy atom. The van der Waals surface area contributed by atoms with Gasteiger partial charge in [0.15, 0.2) is 0 Å². The van der Waals surface area contributed by atoms with Gasteiger partial charge in [-0.3, -0.25) is 4.79 Å². The average Bonchev–Trinajstić information content (AvgIpc) is 2.70. The molecule has 3 saturated carbocycles. The van der Waals surface area contributed by atoms with Gasteiger partial charge >= 0.3 is 5.97 Å². The summed E-state index contributed by atoms with van der Waals surface area (Å²) < 4.78 is 0. The molecule has 28 heavy (non-hydrogen) atoms. The maximum atomic E-state index is 10.9. The van der Waals surface area contributed by atoms with Gasteiger partial charge < -0.3 is 15.3 Å². The number of carbonyl (C=O) groups is 1. The summed E-state index contributed by atoms with van der Waals surface area (Å²) in [4.78, 5) is 10.9. The molecule has 0 aromatic carbocycles. The summed E-state index contributed by atoms with van der Waals surface area (Å²) in [7, 11) is 0. The van der Waals surface area contributed by atoms with Crippen LogP contribution in [0.2, 0.25) is 0 Å². The Bertz CT molecular complexity index is 565. The van der Waals surface area contributed by atoms with Crippen LogP contribution in [0.4, 0.5) is 0 Å². The van der Waals surface area contributed by atoms with E-state index in [-0.39, 0.29) is 30.0 Å². The molecule has 160 valence electrons. The first-order chi connectivity index (χ1) is 13.4. The standard InChI is InChI=1S/C24H40O4/c1-3-24-15-14-21(26)18(12-13-20(25)17-8-5-4-6-9-17)23(24)16(2)19(24)10-7-11-22(27)28/h10,16-18,20-21,23,25-26H,3-9,11-15H2,1-2H3,(H,27,28)/t16?,18-,20?,21+,23+,24+/m0/s1. The Kier molecular flexibility index (Phi) is 7.25. The number of rotatable bonds is 8. The molecule has 0 heterocycles. The lowest BCUT2D eigenvalue weighted by Crippen LogP contribution is -2.58. The number of fused-ring (bicyclic) bond motifs is 1. The van der Waals surface area contributed by atoms with Crippen molar-refractivity contribution >= 4 is 5.97 Å². The Morgan fingerprint density at radius 1 is 1.25 bits per heavy atom. The predicted molar refractivity (Wildman–Crippen MR) is 111 cm³/mol. The molecule has 3 fully saturated rings. The van der Waals surface area contributed by atoms with E-state index < -0.39 is 5.97 Å². The highest BCUT2D eigenvalue weighted by atomic mass is 16.4. The fraction of sp³-hybridized carbons (Fsp3) is 0.875. The summed E-state index contributed by atoms with van der Waals surface area (Å²) in [6.45, 7) is 4.50. The highest BCUT2D eigenvalue weighted by Gasteiger charge is 2.60. The van der Waals surface area contributed by atoms with Crippen molar-refractivity contribution in [1.82, 2.24) is 0 Å². The minimum absolute atomic E-state index is 0.150. The summed E-state index contributed by atoms with van der Waals surface area (Å²) in [6.07, 6.45) is 13.3. The van der Waals surface area contributed by atoms with Crippen LogP contribution in [0.25, 0.3) is 0 Å². The monoisotopic (exact) mass is 392 g/mol. The summed E-state index contributed by atoms with van der Waals surface area (Å²) in [5, 5.41) is 30.5. The fourth-order valence-corrected chi connectivity index (χ4v) is 7.02. The third-order valence-electron chi connectivity index (χ3n) is 8.43. The number of aliphatic carboxylic acids is 1. The predicted octanol–water partition coefficient (Wildman–Crippen LogP) is 4.93. The van der Waals surface area contributed by atoms with Gasteiger partial charge in [-0.1, -0.05) is 44.8 Å². The van der Waals surface area contributed by atoms with Gasteiger partial charge in [0.25, 0.3) is 0 Å². The van der Waals surface area contributed by atoms with Crippen molar-refractivity contribution in [3.05, 3.63) is 11.6 Å². The molecular weight excluding hydrogens is 352 g/mol. The third-order valence-corrected chi connectivity index (χ3v) is 8.43. The van der Waals surface area contributed by atoms with E-state index in [4.69, 9.17) is 5.11 Å². The third kappa shape index (κ3) is 4.18. The molecule has 4 heteroatoms. The van der Waals surface area contributed by atoms with Crippen LogP contribution in [0.15, 0.2) is 11.6 Å². The first-order valence-electron chi connectivity index (χ1n) is 11.7. The van der Waals surface area contributed by atoms with E-state index in [1.54, 1.807) is 0 Å². The first-order valence-corrected chi connectivity index (χ1v) is 11.7. The number of carboxylic acids is 1. The number of hydrogen-bond acceptors (Lipinski definition) is 3. The van der Waals surface area contributed by atoms with Crippen LogP contribution in [-0.4, -0.2) is 33.5 Å². The molecule has 0 aliphatic heterocycles. The van der Waals surface area contributed by atoms with Gasteiger partial charge in [-0.05, 0) is 80.5 Å². The van der Waals surface area contributed by atoms with Gasteiger partial charge in [-0.2, -0.15) is 0 Å². The zero-order valence-electron chi connectivity index (χ0n) is 17.8. The zero-order valence-corrected chi connectivity index (χ0v) is 17.8. The molecule has 3 aliphatic carbocycles. The quantitative estimate of drug-likeness (QED) is 0.512. The summed E-state index contributed by atoms with van der Waals surface area (Å²) in [5.74, 6) is 0.866. The van der Waals surface area contributed by atoms with E-state index in [9.17, 15) is 15.0 Å². The Balaban J connectivity index is 1.66. The molecule has 3 N–H and O–H groups in total. The van der Waals surface area contributed by atoms with E-state index >= 15 is 0 Å². The van der Waals surface area contributed by atoms with Crippen LogP contribution < -0.4 is 0 Å². The van der Waals surface area contributed by atoms with Gasteiger partial charge in [0, 0.05) is 6.42 Å². The molecule has 0 bridgehead atoms. The molecule has 0 aromatic rings. The van der Waals surface area contributed by atoms with Gasteiger partial charge in [0.05, 0.1) is 12.2 Å². The van der Waals surface area contributed by atoms with E-state index in [0.29, 0.717) is 24.2 Å². The smallest absolute Gasteiger partial charge is 0.303 e. The van der Waals surface area contributed by atoms with Crippen molar-refractivity contribution in [3.8, 4) is 0 Å². The van der Waals surface area contributed by atoms with Gasteiger partial charge in [-0.15, -0.1) is 0 Å². The molecule has 4 nitrogen and oxygen atoms in total. The second-order valence-corrected chi connectivity index (χ2v) is 9.73. The van der Waals surface area contributed by atoms with E-state index in [2.05, 4.69) is 19.9 Å². The van der Waals surface area contributed by atoms with Crippen molar-refractivity contribution in [1.29, 1.82) is 0 Å². The maximum absolute atomic E-state index is 10.9. The fourth-order valence-electron chi connectivity index (χ4n) is 7.02. The van der Waals surface area contributed by atoms with Crippen LogP contribution >= 0.6 is 0 Å². The van der Waals surface area contributed by atoms with Crippen molar-refractivity contribution in [2.45, 2.75) is 103 Å². The highest BCUT2D eigenvalue weighted by molar-refractivity contribution is 5.66. The number of allylic oxidation sites excluding steroid dienone is 2. The van der Waals surface area contributed by atoms with E-state index in [0.717, 1.165) is 44.9 Å². The van der Waals surface area contributed by atoms with Gasteiger partial charge in [-0.25, -0.2) is 0 Å².